The summed E-state index contributed by atoms with van der Waals surface area (Å²) >= 11 is 7.90. The number of rotatable bonds is 5. The van der Waals surface area contributed by atoms with Crippen LogP contribution in [0.1, 0.15) is 28.5 Å². The van der Waals surface area contributed by atoms with E-state index in [4.69, 9.17) is 11.6 Å². The van der Waals surface area contributed by atoms with Gasteiger partial charge in [-0.15, -0.1) is 11.3 Å². The molecule has 5 rings (SSSR count). The zero-order chi connectivity index (χ0) is 24.4. The number of carbonyl (C=O) groups is 1. The summed E-state index contributed by atoms with van der Waals surface area (Å²) in [4.78, 5) is 19.1. The van der Waals surface area contributed by atoms with Crippen molar-refractivity contribution in [2.24, 2.45) is 0 Å². The highest BCUT2D eigenvalue weighted by Gasteiger charge is 2.33. The average Bonchev–Trinajstić information content (AvgIpc) is 3.20. The number of benzene rings is 2. The number of fused-ring (bicyclic) bond motifs is 1. The van der Waals surface area contributed by atoms with Gasteiger partial charge in [-0.3, -0.25) is 9.69 Å². The largest absolute Gasteiger partial charge is 0.340 e. The molecular formula is C26H28ClN3O3S2. The Morgan fingerprint density at radius 3 is 2.49 bits per heavy atom. The van der Waals surface area contributed by atoms with Crippen LogP contribution < -0.4 is 0 Å². The van der Waals surface area contributed by atoms with Crippen molar-refractivity contribution in [3.8, 4) is 0 Å². The van der Waals surface area contributed by atoms with Crippen LogP contribution in [0, 0.1) is 0 Å². The van der Waals surface area contributed by atoms with E-state index in [2.05, 4.69) is 16.3 Å². The molecule has 3 heterocycles. The van der Waals surface area contributed by atoms with Crippen LogP contribution in [0.3, 0.4) is 0 Å². The Balaban J connectivity index is 1.30. The van der Waals surface area contributed by atoms with Gasteiger partial charge in [-0.25, -0.2) is 8.42 Å². The van der Waals surface area contributed by atoms with Gasteiger partial charge in [0.1, 0.15) is 0 Å². The molecule has 1 fully saturated rings. The molecule has 0 aliphatic carbocycles. The molecule has 2 aliphatic rings. The second-order valence-electron chi connectivity index (χ2n) is 8.93. The molecular weight excluding hydrogens is 502 g/mol. The molecule has 1 unspecified atom stereocenters. The van der Waals surface area contributed by atoms with E-state index in [1.807, 2.05) is 29.2 Å². The predicted molar refractivity (Wildman–Crippen MR) is 139 cm³/mol. The number of nitrogens with zero attached hydrogens (tertiary/aromatic N) is 3. The lowest BCUT2D eigenvalue weighted by Crippen LogP contribution is -2.45. The molecule has 1 aromatic heterocycles. The van der Waals surface area contributed by atoms with Crippen LogP contribution in [0.25, 0.3) is 0 Å². The minimum atomic E-state index is -3.56. The molecule has 0 saturated carbocycles. The first kappa shape index (κ1) is 24.5. The van der Waals surface area contributed by atoms with E-state index < -0.39 is 10.0 Å². The molecule has 3 aromatic rings. The second kappa shape index (κ2) is 10.4. The van der Waals surface area contributed by atoms with E-state index in [0.29, 0.717) is 49.1 Å². The number of thiophene rings is 1. The van der Waals surface area contributed by atoms with E-state index >= 15 is 0 Å². The van der Waals surface area contributed by atoms with Crippen molar-refractivity contribution in [2.75, 3.05) is 39.3 Å². The first-order valence-corrected chi connectivity index (χ1v) is 14.5. The van der Waals surface area contributed by atoms with Crippen molar-refractivity contribution >= 4 is 38.9 Å². The van der Waals surface area contributed by atoms with Gasteiger partial charge in [0.2, 0.25) is 15.9 Å². The lowest BCUT2D eigenvalue weighted by molar-refractivity contribution is -0.132. The lowest BCUT2D eigenvalue weighted by atomic mass is 9.93. The number of halogens is 1. The van der Waals surface area contributed by atoms with Gasteiger partial charge in [-0.2, -0.15) is 4.31 Å². The molecule has 0 radical (unpaired) electrons. The molecule has 1 saturated heterocycles. The van der Waals surface area contributed by atoms with Gasteiger partial charge >= 0.3 is 0 Å². The third kappa shape index (κ3) is 5.17. The third-order valence-corrected chi connectivity index (χ3v) is 9.94. The molecule has 2 aromatic carbocycles. The van der Waals surface area contributed by atoms with E-state index in [0.717, 1.165) is 18.5 Å². The maximum absolute atomic E-state index is 13.4. The van der Waals surface area contributed by atoms with Crippen LogP contribution in [0.4, 0.5) is 0 Å². The summed E-state index contributed by atoms with van der Waals surface area (Å²) in [5.74, 6) is 0.0432. The standard InChI is InChI=1S/C26H28ClN3O3S2/c27-21-9-7-20(8-10-21)26-23-12-18-34-24(23)11-15-29(26)19-25(31)28-13-4-14-30(17-16-28)35(32,33)22-5-2-1-3-6-22/h1-3,5-10,12,18,26H,4,11,13-17,19H2. The smallest absolute Gasteiger partial charge is 0.243 e. The number of carbonyl (C=O) groups excluding carboxylic acids is 1. The molecule has 0 bridgehead atoms. The SMILES string of the molecule is O=C(CN1CCc2sccc2C1c1ccc(Cl)cc1)N1CCCN(S(=O)(=O)c2ccccc2)CC1. The average molecular weight is 530 g/mol. The molecule has 2 aliphatic heterocycles. The van der Waals surface area contributed by atoms with Gasteiger partial charge < -0.3 is 4.90 Å². The van der Waals surface area contributed by atoms with Crippen LogP contribution in [0.15, 0.2) is 70.9 Å². The summed E-state index contributed by atoms with van der Waals surface area (Å²) in [5, 5.41) is 2.81. The Bertz CT molecular complexity index is 1280. The number of hydrogen-bond donors (Lipinski definition) is 0. The molecule has 1 amide bonds. The summed E-state index contributed by atoms with van der Waals surface area (Å²) in [6.45, 7) is 2.77. The van der Waals surface area contributed by atoms with Gasteiger partial charge in [0, 0.05) is 42.6 Å². The second-order valence-corrected chi connectivity index (χ2v) is 12.3. The van der Waals surface area contributed by atoms with Crippen LogP contribution in [-0.4, -0.2) is 67.7 Å². The van der Waals surface area contributed by atoms with Crippen molar-refractivity contribution in [3.05, 3.63) is 87.1 Å². The van der Waals surface area contributed by atoms with Crippen LogP contribution in [0.5, 0.6) is 0 Å². The Morgan fingerprint density at radius 2 is 1.71 bits per heavy atom. The van der Waals surface area contributed by atoms with E-state index in [1.165, 1.54) is 14.7 Å². The lowest BCUT2D eigenvalue weighted by Gasteiger charge is -2.37. The van der Waals surface area contributed by atoms with E-state index in [9.17, 15) is 13.2 Å². The zero-order valence-corrected chi connectivity index (χ0v) is 21.7. The molecule has 9 heteroatoms. The fraction of sp³-hybridized carbons (Fsp3) is 0.346. The van der Waals surface area contributed by atoms with Gasteiger partial charge in [0.25, 0.3) is 0 Å². The van der Waals surface area contributed by atoms with Crippen LogP contribution >= 0.6 is 22.9 Å². The van der Waals surface area contributed by atoms with Gasteiger partial charge in [0.15, 0.2) is 0 Å². The van der Waals surface area contributed by atoms with Crippen molar-refractivity contribution in [1.29, 1.82) is 0 Å². The highest BCUT2D eigenvalue weighted by Crippen LogP contribution is 2.38. The van der Waals surface area contributed by atoms with Crippen LogP contribution in [-0.2, 0) is 21.2 Å². The van der Waals surface area contributed by atoms with Crippen LogP contribution in [0.2, 0.25) is 5.02 Å². The molecule has 0 N–H and O–H groups in total. The summed E-state index contributed by atoms with van der Waals surface area (Å²) in [6, 6.07) is 18.5. The zero-order valence-electron chi connectivity index (χ0n) is 19.3. The Labute approximate surface area is 215 Å². The third-order valence-electron chi connectivity index (χ3n) is 6.78. The van der Waals surface area contributed by atoms with Gasteiger partial charge in [-0.05, 0) is 59.7 Å². The van der Waals surface area contributed by atoms with Crippen molar-refractivity contribution in [1.82, 2.24) is 14.1 Å². The summed E-state index contributed by atoms with van der Waals surface area (Å²) in [6.07, 6.45) is 1.54. The normalized spacial score (nSPS) is 19.8. The Morgan fingerprint density at radius 1 is 0.943 bits per heavy atom. The first-order chi connectivity index (χ1) is 16.9. The maximum Gasteiger partial charge on any atom is 0.243 e. The van der Waals surface area contributed by atoms with E-state index in [1.54, 1.807) is 41.7 Å². The summed E-state index contributed by atoms with van der Waals surface area (Å²) in [5.41, 5.74) is 2.38. The number of sulfonamides is 1. The highest BCUT2D eigenvalue weighted by atomic mass is 35.5. The monoisotopic (exact) mass is 529 g/mol. The Kier molecular flexibility index (Phi) is 7.27. The molecule has 6 nitrogen and oxygen atoms in total. The van der Waals surface area contributed by atoms with Crippen molar-refractivity contribution < 1.29 is 13.2 Å². The Hall–Kier alpha value is -2.23. The summed E-state index contributed by atoms with van der Waals surface area (Å²) in [7, 11) is -3.56. The molecule has 1 atom stereocenters. The van der Waals surface area contributed by atoms with E-state index in [-0.39, 0.29) is 11.9 Å². The van der Waals surface area contributed by atoms with Gasteiger partial charge in [0.05, 0.1) is 17.5 Å². The fourth-order valence-corrected chi connectivity index (χ4v) is 7.49. The molecule has 0 spiro atoms. The quantitative estimate of drug-likeness (QED) is 0.495. The number of hydrogen-bond acceptors (Lipinski definition) is 5. The van der Waals surface area contributed by atoms with Crippen molar-refractivity contribution in [3.63, 3.8) is 0 Å². The first-order valence-electron chi connectivity index (χ1n) is 11.8. The minimum Gasteiger partial charge on any atom is -0.340 e. The fourth-order valence-electron chi connectivity index (χ4n) is 4.97. The molecule has 35 heavy (non-hydrogen) atoms. The molecule has 184 valence electrons. The highest BCUT2D eigenvalue weighted by molar-refractivity contribution is 7.89. The number of amides is 1. The maximum atomic E-state index is 13.4. The minimum absolute atomic E-state index is 0.00755. The topological polar surface area (TPSA) is 60.9 Å². The van der Waals surface area contributed by atoms with Crippen molar-refractivity contribution in [2.45, 2.75) is 23.8 Å². The summed E-state index contributed by atoms with van der Waals surface area (Å²) < 4.78 is 27.6. The van der Waals surface area contributed by atoms with Gasteiger partial charge in [-0.1, -0.05) is 41.9 Å². The predicted octanol–water partition coefficient (Wildman–Crippen LogP) is 4.27.